The van der Waals surface area contributed by atoms with Crippen molar-refractivity contribution in [2.45, 2.75) is 12.8 Å². The van der Waals surface area contributed by atoms with Gasteiger partial charge in [0, 0.05) is 5.02 Å². The normalized spacial score (nSPS) is 11.4. The van der Waals surface area contributed by atoms with Crippen molar-refractivity contribution in [3.8, 4) is 16.9 Å². The van der Waals surface area contributed by atoms with Crippen LogP contribution in [0.5, 0.6) is 5.75 Å². The number of carbonyl (C=O) groups excluding carboxylic acids is 1. The van der Waals surface area contributed by atoms with Crippen molar-refractivity contribution in [3.63, 3.8) is 0 Å². The summed E-state index contributed by atoms with van der Waals surface area (Å²) in [5.74, 6) is -4.00. The average Bonchev–Trinajstić information content (AvgIpc) is 2.66. The number of primary amides is 1. The van der Waals surface area contributed by atoms with Crippen LogP contribution in [0.3, 0.4) is 0 Å². The first-order valence-electron chi connectivity index (χ1n) is 8.44. The maximum Gasteiger partial charge on any atom is 0.416 e. The fourth-order valence-electron chi connectivity index (χ4n) is 2.78. The number of hydrogen-bond donors (Lipinski definition) is 1. The van der Waals surface area contributed by atoms with E-state index in [-0.39, 0.29) is 17.4 Å². The molecule has 0 aliphatic carbocycles. The number of alkyl halides is 3. The molecule has 0 fully saturated rings. The Morgan fingerprint density at radius 3 is 2.23 bits per heavy atom. The lowest BCUT2D eigenvalue weighted by molar-refractivity contribution is -0.137. The van der Waals surface area contributed by atoms with Crippen LogP contribution in [0.4, 0.5) is 22.0 Å². The Balaban J connectivity index is 1.85. The summed E-state index contributed by atoms with van der Waals surface area (Å²) in [6.07, 6.45) is -4.45. The van der Waals surface area contributed by atoms with Gasteiger partial charge < -0.3 is 10.5 Å². The Labute approximate surface area is 172 Å². The second kappa shape index (κ2) is 8.31. The highest BCUT2D eigenvalue weighted by Crippen LogP contribution is 2.32. The van der Waals surface area contributed by atoms with Gasteiger partial charge in [-0.05, 0) is 59.2 Å². The maximum atomic E-state index is 14.3. The van der Waals surface area contributed by atoms with Crippen LogP contribution in [0.1, 0.15) is 21.5 Å². The Morgan fingerprint density at radius 2 is 1.63 bits per heavy atom. The summed E-state index contributed by atoms with van der Waals surface area (Å²) in [6.45, 7) is -0.199. The number of nitrogens with two attached hydrogens (primary N) is 1. The molecule has 3 aromatic carbocycles. The second-order valence-electron chi connectivity index (χ2n) is 6.31. The first kappa shape index (κ1) is 21.6. The molecule has 156 valence electrons. The minimum absolute atomic E-state index is 0.199. The number of amides is 1. The van der Waals surface area contributed by atoms with Crippen LogP contribution < -0.4 is 10.5 Å². The quantitative estimate of drug-likeness (QED) is 0.495. The van der Waals surface area contributed by atoms with Gasteiger partial charge in [-0.25, -0.2) is 8.78 Å². The van der Waals surface area contributed by atoms with E-state index in [0.29, 0.717) is 16.7 Å². The number of halogens is 6. The standard InChI is InChI=1S/C21H13ClF5NO2/c22-15-8-11(10-30-17-6-5-16(23)18(19(17)24)20(28)29)7-13(9-15)12-1-3-14(4-2-12)21(25,26)27/h1-9H,10H2,(H2,28,29). The molecule has 0 saturated heterocycles. The summed E-state index contributed by atoms with van der Waals surface area (Å²) in [6, 6.07) is 11.0. The van der Waals surface area contributed by atoms with Gasteiger partial charge in [-0.15, -0.1) is 0 Å². The van der Waals surface area contributed by atoms with Gasteiger partial charge in [-0.2, -0.15) is 13.2 Å². The summed E-state index contributed by atoms with van der Waals surface area (Å²) >= 11 is 6.08. The molecular formula is C21H13ClF5NO2. The highest BCUT2D eigenvalue weighted by molar-refractivity contribution is 6.31. The molecule has 0 aliphatic rings. The third-order valence-corrected chi connectivity index (χ3v) is 4.42. The van der Waals surface area contributed by atoms with Crippen molar-refractivity contribution in [3.05, 3.63) is 87.9 Å². The van der Waals surface area contributed by atoms with Crippen LogP contribution in [-0.2, 0) is 12.8 Å². The third kappa shape index (κ3) is 4.71. The van der Waals surface area contributed by atoms with E-state index in [4.69, 9.17) is 22.1 Å². The summed E-state index contributed by atoms with van der Waals surface area (Å²) in [5.41, 5.74) is 4.75. The highest BCUT2D eigenvalue weighted by atomic mass is 35.5. The molecule has 0 bridgehead atoms. The number of hydrogen-bond acceptors (Lipinski definition) is 2. The molecule has 3 nitrogen and oxygen atoms in total. The monoisotopic (exact) mass is 441 g/mol. The van der Waals surface area contributed by atoms with E-state index in [0.717, 1.165) is 24.3 Å². The molecule has 0 heterocycles. The van der Waals surface area contributed by atoms with E-state index in [9.17, 15) is 26.7 Å². The third-order valence-electron chi connectivity index (χ3n) is 4.20. The average molecular weight is 442 g/mol. The first-order valence-corrected chi connectivity index (χ1v) is 8.82. The minimum atomic E-state index is -4.45. The van der Waals surface area contributed by atoms with Gasteiger partial charge in [-0.3, -0.25) is 4.79 Å². The number of benzene rings is 3. The molecule has 0 atom stereocenters. The predicted octanol–water partition coefficient (Wildman–Crippen LogP) is 5.98. The lowest BCUT2D eigenvalue weighted by atomic mass is 10.0. The van der Waals surface area contributed by atoms with E-state index in [1.54, 1.807) is 12.1 Å². The van der Waals surface area contributed by atoms with Crippen molar-refractivity contribution < 1.29 is 31.5 Å². The molecule has 3 aromatic rings. The minimum Gasteiger partial charge on any atom is -0.486 e. The van der Waals surface area contributed by atoms with Crippen LogP contribution in [0, 0.1) is 11.6 Å². The molecule has 3 rings (SSSR count). The van der Waals surface area contributed by atoms with E-state index in [2.05, 4.69) is 0 Å². The van der Waals surface area contributed by atoms with Crippen LogP contribution in [0.15, 0.2) is 54.6 Å². The molecule has 0 aromatic heterocycles. The molecule has 0 aliphatic heterocycles. The van der Waals surface area contributed by atoms with Gasteiger partial charge in [0.05, 0.1) is 5.56 Å². The van der Waals surface area contributed by atoms with Crippen molar-refractivity contribution in [2.24, 2.45) is 5.73 Å². The molecule has 9 heteroatoms. The van der Waals surface area contributed by atoms with E-state index in [1.807, 2.05) is 0 Å². The van der Waals surface area contributed by atoms with Gasteiger partial charge in [0.1, 0.15) is 18.0 Å². The Kier molecular flexibility index (Phi) is 5.98. The van der Waals surface area contributed by atoms with Gasteiger partial charge >= 0.3 is 6.18 Å². The molecular weight excluding hydrogens is 429 g/mol. The predicted molar refractivity (Wildman–Crippen MR) is 101 cm³/mol. The van der Waals surface area contributed by atoms with Crippen molar-refractivity contribution >= 4 is 17.5 Å². The van der Waals surface area contributed by atoms with Gasteiger partial charge in [0.2, 0.25) is 0 Å². The fraction of sp³-hybridized carbons (Fsp3) is 0.0952. The zero-order valence-electron chi connectivity index (χ0n) is 15.1. The molecule has 0 unspecified atom stereocenters. The van der Waals surface area contributed by atoms with E-state index in [1.165, 1.54) is 18.2 Å². The Hall–Kier alpha value is -3.13. The zero-order chi connectivity index (χ0) is 22.1. The van der Waals surface area contributed by atoms with Crippen LogP contribution in [0.2, 0.25) is 5.02 Å². The first-order chi connectivity index (χ1) is 14.1. The summed E-state index contributed by atoms with van der Waals surface area (Å²) in [5, 5.41) is 0.281. The Morgan fingerprint density at radius 1 is 0.967 bits per heavy atom. The number of carbonyl (C=O) groups is 1. The largest absolute Gasteiger partial charge is 0.486 e. The Bertz CT molecular complexity index is 1100. The molecule has 0 spiro atoms. The van der Waals surface area contributed by atoms with Gasteiger partial charge in [0.25, 0.3) is 5.91 Å². The van der Waals surface area contributed by atoms with Crippen LogP contribution >= 0.6 is 11.6 Å². The zero-order valence-corrected chi connectivity index (χ0v) is 15.8. The number of rotatable bonds is 5. The molecule has 30 heavy (non-hydrogen) atoms. The second-order valence-corrected chi connectivity index (χ2v) is 6.75. The molecule has 0 saturated carbocycles. The summed E-state index contributed by atoms with van der Waals surface area (Å²) in [7, 11) is 0. The fourth-order valence-corrected chi connectivity index (χ4v) is 3.04. The van der Waals surface area contributed by atoms with Crippen LogP contribution in [0.25, 0.3) is 11.1 Å². The maximum absolute atomic E-state index is 14.3. The molecule has 1 amide bonds. The smallest absolute Gasteiger partial charge is 0.416 e. The van der Waals surface area contributed by atoms with Gasteiger partial charge in [0.15, 0.2) is 11.6 Å². The summed E-state index contributed by atoms with van der Waals surface area (Å²) < 4.78 is 71.3. The molecule has 2 N–H and O–H groups in total. The van der Waals surface area contributed by atoms with Crippen LogP contribution in [-0.4, -0.2) is 5.91 Å². The summed E-state index contributed by atoms with van der Waals surface area (Å²) in [4.78, 5) is 11.2. The lowest BCUT2D eigenvalue weighted by Gasteiger charge is -2.12. The highest BCUT2D eigenvalue weighted by Gasteiger charge is 2.30. The molecule has 0 radical (unpaired) electrons. The number of ether oxygens (including phenoxy) is 1. The SMILES string of the molecule is NC(=O)c1c(F)ccc(OCc2cc(Cl)cc(-c3ccc(C(F)(F)F)cc3)c2)c1F. The lowest BCUT2D eigenvalue weighted by Crippen LogP contribution is -2.16. The van der Waals surface area contributed by atoms with E-state index < -0.39 is 34.8 Å². The van der Waals surface area contributed by atoms with Gasteiger partial charge in [-0.1, -0.05) is 23.7 Å². The topological polar surface area (TPSA) is 52.3 Å². The van der Waals surface area contributed by atoms with E-state index >= 15 is 0 Å². The van der Waals surface area contributed by atoms with Crippen molar-refractivity contribution in [2.75, 3.05) is 0 Å². The van der Waals surface area contributed by atoms with Crippen molar-refractivity contribution in [1.29, 1.82) is 0 Å². The van der Waals surface area contributed by atoms with Crippen molar-refractivity contribution in [1.82, 2.24) is 0 Å².